The Morgan fingerprint density at radius 3 is 2.60 bits per heavy atom. The van der Waals surface area contributed by atoms with Gasteiger partial charge in [-0.25, -0.2) is 0 Å². The smallest absolute Gasteiger partial charge is 0.0805 e. The van der Waals surface area contributed by atoms with Gasteiger partial charge in [0, 0.05) is 11.5 Å². The summed E-state index contributed by atoms with van der Waals surface area (Å²) in [6.45, 7) is 5.16. The number of aliphatic hydroxyl groups excluding tert-OH is 1. The highest BCUT2D eigenvalue weighted by atomic mass is 16.3. The second-order valence-electron chi connectivity index (χ2n) is 7.44. The van der Waals surface area contributed by atoms with Crippen molar-refractivity contribution >= 4 is 5.71 Å². The molecule has 2 aliphatic rings. The van der Waals surface area contributed by atoms with Gasteiger partial charge in [-0.1, -0.05) is 62.4 Å². The van der Waals surface area contributed by atoms with Crippen LogP contribution in [-0.4, -0.2) is 29.0 Å². The lowest BCUT2D eigenvalue weighted by Gasteiger charge is -2.30. The van der Waals surface area contributed by atoms with Crippen molar-refractivity contribution in [3.8, 4) is 0 Å². The van der Waals surface area contributed by atoms with Gasteiger partial charge in [-0.3, -0.25) is 5.01 Å². The molecule has 25 heavy (non-hydrogen) atoms. The molecule has 0 saturated heterocycles. The second kappa shape index (κ2) is 6.64. The predicted molar refractivity (Wildman–Crippen MR) is 102 cm³/mol. The normalized spacial score (nSPS) is 21.9. The van der Waals surface area contributed by atoms with Gasteiger partial charge >= 0.3 is 0 Å². The van der Waals surface area contributed by atoms with E-state index >= 15 is 0 Å². The number of hydrogen-bond donors (Lipinski definition) is 1. The van der Waals surface area contributed by atoms with Crippen LogP contribution in [0.25, 0.3) is 0 Å². The first-order valence-electron chi connectivity index (χ1n) is 9.33. The number of hydrazone groups is 1. The number of nitrogens with zero attached hydrogens (tertiary/aromatic N) is 2. The van der Waals surface area contributed by atoms with Crippen LogP contribution in [0.2, 0.25) is 0 Å². The summed E-state index contributed by atoms with van der Waals surface area (Å²) >= 11 is 0. The molecule has 1 aliphatic carbocycles. The minimum Gasteiger partial charge on any atom is -0.394 e. The Hall–Kier alpha value is -2.13. The van der Waals surface area contributed by atoms with E-state index in [1.807, 2.05) is 0 Å². The standard InChI is InChI=1S/C22H26N2O/c1-15(2)16-7-9-18(10-8-16)22-20-12-11-17-5-3-4-6-19(17)21(20)23-24(22)13-14-25/h3-10,15,20,22,25H,11-14H2,1-2H3/t20-,22+/m0/s1. The van der Waals surface area contributed by atoms with E-state index in [9.17, 15) is 5.11 Å². The minimum atomic E-state index is 0.131. The zero-order valence-corrected chi connectivity index (χ0v) is 15.0. The van der Waals surface area contributed by atoms with Crippen molar-refractivity contribution in [2.45, 2.75) is 38.6 Å². The van der Waals surface area contributed by atoms with Crippen molar-refractivity contribution < 1.29 is 5.11 Å². The van der Waals surface area contributed by atoms with Gasteiger partial charge in [0.05, 0.1) is 24.9 Å². The van der Waals surface area contributed by atoms with Crippen LogP contribution in [-0.2, 0) is 6.42 Å². The van der Waals surface area contributed by atoms with E-state index in [-0.39, 0.29) is 12.6 Å². The third-order valence-electron chi connectivity index (χ3n) is 5.58. The molecule has 3 heteroatoms. The van der Waals surface area contributed by atoms with E-state index in [4.69, 9.17) is 5.10 Å². The molecule has 2 aromatic rings. The fourth-order valence-corrected chi connectivity index (χ4v) is 4.25. The molecule has 4 rings (SSSR count). The number of fused-ring (bicyclic) bond motifs is 3. The van der Waals surface area contributed by atoms with Crippen molar-refractivity contribution in [3.05, 3.63) is 70.8 Å². The molecule has 3 nitrogen and oxygen atoms in total. The Morgan fingerprint density at radius 1 is 1.12 bits per heavy atom. The van der Waals surface area contributed by atoms with Crippen LogP contribution in [0.15, 0.2) is 53.6 Å². The summed E-state index contributed by atoms with van der Waals surface area (Å²) in [5, 5.41) is 16.6. The Labute approximate surface area is 150 Å². The lowest BCUT2D eigenvalue weighted by molar-refractivity contribution is 0.152. The van der Waals surface area contributed by atoms with E-state index in [1.165, 1.54) is 28.0 Å². The molecule has 130 valence electrons. The molecule has 0 radical (unpaired) electrons. The highest BCUT2D eigenvalue weighted by Gasteiger charge is 2.40. The summed E-state index contributed by atoms with van der Waals surface area (Å²) in [4.78, 5) is 0. The van der Waals surface area contributed by atoms with Crippen LogP contribution in [0.4, 0.5) is 0 Å². The SMILES string of the molecule is CC(C)c1ccc([C@@H]2[C@H]3CCc4ccccc4C3=NN2CCO)cc1. The second-order valence-corrected chi connectivity index (χ2v) is 7.44. The van der Waals surface area contributed by atoms with Gasteiger partial charge in [0.15, 0.2) is 0 Å². The summed E-state index contributed by atoms with van der Waals surface area (Å²) in [7, 11) is 0. The fraction of sp³-hybridized carbons (Fsp3) is 0.409. The van der Waals surface area contributed by atoms with Gasteiger partial charge in [-0.05, 0) is 35.4 Å². The van der Waals surface area contributed by atoms with Gasteiger partial charge in [0.1, 0.15) is 0 Å². The number of aryl methyl sites for hydroxylation is 1. The maximum Gasteiger partial charge on any atom is 0.0805 e. The van der Waals surface area contributed by atoms with Crippen LogP contribution in [0.3, 0.4) is 0 Å². The first kappa shape index (κ1) is 16.3. The zero-order valence-electron chi connectivity index (χ0n) is 15.0. The molecule has 2 aromatic carbocycles. The zero-order chi connectivity index (χ0) is 17.4. The van der Waals surface area contributed by atoms with Crippen LogP contribution < -0.4 is 0 Å². The van der Waals surface area contributed by atoms with Crippen molar-refractivity contribution in [1.82, 2.24) is 5.01 Å². The summed E-state index contributed by atoms with van der Waals surface area (Å²) in [6.07, 6.45) is 2.22. The molecule has 0 unspecified atom stereocenters. The molecule has 0 aromatic heterocycles. The number of β-amino-alcohol motifs (C(OH)–C–C–N with tert-alkyl or cyclic N) is 1. The molecule has 0 fully saturated rings. The Balaban J connectivity index is 1.71. The maximum atomic E-state index is 9.53. The Bertz CT molecular complexity index is 779. The first-order chi connectivity index (χ1) is 12.2. The lowest BCUT2D eigenvalue weighted by Crippen LogP contribution is -2.30. The number of rotatable bonds is 4. The highest BCUT2D eigenvalue weighted by Crippen LogP contribution is 2.43. The van der Waals surface area contributed by atoms with Gasteiger partial charge in [0.2, 0.25) is 0 Å². The van der Waals surface area contributed by atoms with Gasteiger partial charge in [-0.15, -0.1) is 0 Å². The number of hydrogen-bond acceptors (Lipinski definition) is 3. The number of benzene rings is 2. The van der Waals surface area contributed by atoms with Crippen LogP contribution in [0.5, 0.6) is 0 Å². The third-order valence-corrected chi connectivity index (χ3v) is 5.58. The van der Waals surface area contributed by atoms with Crippen LogP contribution >= 0.6 is 0 Å². The Morgan fingerprint density at radius 2 is 1.88 bits per heavy atom. The van der Waals surface area contributed by atoms with E-state index in [0.29, 0.717) is 18.4 Å². The molecule has 2 atom stereocenters. The third kappa shape index (κ3) is 2.87. The topological polar surface area (TPSA) is 35.8 Å². The predicted octanol–water partition coefficient (Wildman–Crippen LogP) is 4.13. The fourth-order valence-electron chi connectivity index (χ4n) is 4.25. The van der Waals surface area contributed by atoms with Crippen molar-refractivity contribution in [3.63, 3.8) is 0 Å². The largest absolute Gasteiger partial charge is 0.394 e. The highest BCUT2D eigenvalue weighted by molar-refractivity contribution is 6.05. The van der Waals surface area contributed by atoms with E-state index < -0.39 is 0 Å². The molecule has 1 heterocycles. The van der Waals surface area contributed by atoms with Gasteiger partial charge in [0.25, 0.3) is 0 Å². The van der Waals surface area contributed by atoms with Crippen molar-refractivity contribution in [2.24, 2.45) is 11.0 Å². The maximum absolute atomic E-state index is 9.53. The van der Waals surface area contributed by atoms with Crippen molar-refractivity contribution in [1.29, 1.82) is 0 Å². The molecule has 0 saturated carbocycles. The van der Waals surface area contributed by atoms with Crippen molar-refractivity contribution in [2.75, 3.05) is 13.2 Å². The number of aliphatic hydroxyl groups is 1. The first-order valence-corrected chi connectivity index (χ1v) is 9.33. The lowest BCUT2D eigenvalue weighted by atomic mass is 9.77. The molecular weight excluding hydrogens is 308 g/mol. The molecule has 0 spiro atoms. The van der Waals surface area contributed by atoms with E-state index in [2.05, 4.69) is 67.4 Å². The molecular formula is C22H26N2O. The molecule has 1 aliphatic heterocycles. The van der Waals surface area contributed by atoms with Gasteiger partial charge in [-0.2, -0.15) is 5.10 Å². The average molecular weight is 334 g/mol. The molecule has 1 N–H and O–H groups in total. The van der Waals surface area contributed by atoms with Gasteiger partial charge < -0.3 is 5.11 Å². The minimum absolute atomic E-state index is 0.131. The average Bonchev–Trinajstić information content (AvgIpc) is 3.00. The quantitative estimate of drug-likeness (QED) is 0.913. The van der Waals surface area contributed by atoms with E-state index in [1.54, 1.807) is 0 Å². The molecule has 0 amide bonds. The van der Waals surface area contributed by atoms with E-state index in [0.717, 1.165) is 12.8 Å². The summed E-state index contributed by atoms with van der Waals surface area (Å²) in [5.74, 6) is 0.950. The monoisotopic (exact) mass is 334 g/mol. The summed E-state index contributed by atoms with van der Waals surface area (Å²) in [5.41, 5.74) is 6.57. The van der Waals surface area contributed by atoms with Crippen LogP contribution in [0.1, 0.15) is 54.5 Å². The van der Waals surface area contributed by atoms with Crippen LogP contribution in [0, 0.1) is 5.92 Å². The summed E-state index contributed by atoms with van der Waals surface area (Å²) < 4.78 is 0. The summed E-state index contributed by atoms with van der Waals surface area (Å²) in [6, 6.07) is 17.9. The Kier molecular flexibility index (Phi) is 4.34. The molecule has 0 bridgehead atoms.